The van der Waals surface area contributed by atoms with Gasteiger partial charge in [0.05, 0.1) is 24.8 Å². The molecule has 0 saturated carbocycles. The largest absolute Gasteiger partial charge is 0.373 e. The van der Waals surface area contributed by atoms with Crippen molar-refractivity contribution < 1.29 is 9.13 Å². The molecule has 5 heteroatoms. The van der Waals surface area contributed by atoms with Crippen molar-refractivity contribution in [3.8, 4) is 0 Å². The van der Waals surface area contributed by atoms with Gasteiger partial charge < -0.3 is 15.4 Å². The molecule has 21 heavy (non-hydrogen) atoms. The van der Waals surface area contributed by atoms with Crippen molar-refractivity contribution in [3.05, 3.63) is 35.6 Å². The molecule has 0 aromatic heterocycles. The summed E-state index contributed by atoms with van der Waals surface area (Å²) in [7, 11) is 0. The summed E-state index contributed by atoms with van der Waals surface area (Å²) in [6, 6.07) is 6.82. The van der Waals surface area contributed by atoms with Crippen LogP contribution in [0.1, 0.15) is 31.7 Å². The fourth-order valence-electron chi connectivity index (χ4n) is 3.05. The molecule has 0 aliphatic carbocycles. The molecule has 0 amide bonds. The standard InChI is InChI=1S/C16H22FN3O/c1-2-18-16(19-10-11-3-5-12(17)6-4-11)20-14-9-13-7-8-15(14)21-13/h3-6,13-15H,2,7-10H2,1H3,(H2,18,19,20). The lowest BCUT2D eigenvalue weighted by Crippen LogP contribution is -2.47. The van der Waals surface area contributed by atoms with Gasteiger partial charge >= 0.3 is 0 Å². The number of hydrogen-bond acceptors (Lipinski definition) is 2. The fourth-order valence-corrected chi connectivity index (χ4v) is 3.05. The van der Waals surface area contributed by atoms with E-state index < -0.39 is 0 Å². The van der Waals surface area contributed by atoms with Crippen LogP contribution < -0.4 is 10.6 Å². The van der Waals surface area contributed by atoms with Crippen LogP contribution in [0.15, 0.2) is 29.3 Å². The Labute approximate surface area is 124 Å². The van der Waals surface area contributed by atoms with Crippen molar-refractivity contribution in [1.82, 2.24) is 10.6 Å². The van der Waals surface area contributed by atoms with Crippen molar-refractivity contribution in [3.63, 3.8) is 0 Å². The minimum Gasteiger partial charge on any atom is -0.373 e. The Bertz CT molecular complexity index is 503. The Balaban J connectivity index is 1.60. The van der Waals surface area contributed by atoms with Gasteiger partial charge in [-0.05, 0) is 43.9 Å². The summed E-state index contributed by atoms with van der Waals surface area (Å²) < 4.78 is 18.7. The predicted octanol–water partition coefficient (Wildman–Crippen LogP) is 2.20. The maximum absolute atomic E-state index is 12.9. The van der Waals surface area contributed by atoms with Gasteiger partial charge in [-0.3, -0.25) is 0 Å². The average molecular weight is 291 g/mol. The fraction of sp³-hybridized carbons (Fsp3) is 0.562. The number of nitrogens with one attached hydrogen (secondary N) is 2. The van der Waals surface area contributed by atoms with E-state index in [0.29, 0.717) is 24.8 Å². The Morgan fingerprint density at radius 2 is 2.14 bits per heavy atom. The number of fused-ring (bicyclic) bond motifs is 2. The van der Waals surface area contributed by atoms with E-state index in [9.17, 15) is 4.39 Å². The van der Waals surface area contributed by atoms with Gasteiger partial charge in [0.1, 0.15) is 5.82 Å². The quantitative estimate of drug-likeness (QED) is 0.660. The third-order valence-corrected chi connectivity index (χ3v) is 4.11. The van der Waals surface area contributed by atoms with E-state index in [1.165, 1.54) is 18.6 Å². The van der Waals surface area contributed by atoms with E-state index in [-0.39, 0.29) is 5.82 Å². The van der Waals surface area contributed by atoms with Gasteiger partial charge in [-0.1, -0.05) is 12.1 Å². The maximum atomic E-state index is 12.9. The molecule has 2 bridgehead atoms. The van der Waals surface area contributed by atoms with E-state index in [1.807, 2.05) is 6.92 Å². The van der Waals surface area contributed by atoms with Crippen LogP contribution in [-0.2, 0) is 11.3 Å². The average Bonchev–Trinajstić information content (AvgIpc) is 3.09. The van der Waals surface area contributed by atoms with Crippen LogP contribution >= 0.6 is 0 Å². The van der Waals surface area contributed by atoms with Gasteiger partial charge in [0.25, 0.3) is 0 Å². The summed E-state index contributed by atoms with van der Waals surface area (Å²) in [6.07, 6.45) is 4.13. The number of benzene rings is 1. The summed E-state index contributed by atoms with van der Waals surface area (Å²) >= 11 is 0. The van der Waals surface area contributed by atoms with E-state index in [2.05, 4.69) is 15.6 Å². The highest BCUT2D eigenvalue weighted by molar-refractivity contribution is 5.80. The van der Waals surface area contributed by atoms with E-state index in [0.717, 1.165) is 30.9 Å². The second-order valence-corrected chi connectivity index (χ2v) is 5.68. The zero-order chi connectivity index (χ0) is 14.7. The van der Waals surface area contributed by atoms with Gasteiger partial charge in [-0.2, -0.15) is 0 Å². The zero-order valence-electron chi connectivity index (χ0n) is 12.3. The Kier molecular flexibility index (Phi) is 4.39. The van der Waals surface area contributed by atoms with Crippen LogP contribution in [0.2, 0.25) is 0 Å². The number of rotatable bonds is 4. The monoisotopic (exact) mass is 291 g/mol. The summed E-state index contributed by atoms with van der Waals surface area (Å²) in [4.78, 5) is 4.58. The lowest BCUT2D eigenvalue weighted by atomic mass is 9.96. The van der Waals surface area contributed by atoms with Crippen molar-refractivity contribution >= 4 is 5.96 Å². The lowest BCUT2D eigenvalue weighted by molar-refractivity contribution is 0.0992. The predicted molar refractivity (Wildman–Crippen MR) is 80.7 cm³/mol. The van der Waals surface area contributed by atoms with Crippen LogP contribution in [-0.4, -0.2) is 30.8 Å². The summed E-state index contributed by atoms with van der Waals surface area (Å²) in [5, 5.41) is 6.73. The first-order valence-corrected chi connectivity index (χ1v) is 7.69. The molecule has 0 spiro atoms. The normalized spacial score (nSPS) is 27.9. The maximum Gasteiger partial charge on any atom is 0.191 e. The van der Waals surface area contributed by atoms with Crippen molar-refractivity contribution in [1.29, 1.82) is 0 Å². The number of halogens is 1. The summed E-state index contributed by atoms with van der Waals surface area (Å²) in [6.45, 7) is 3.40. The molecule has 4 nitrogen and oxygen atoms in total. The molecule has 0 radical (unpaired) electrons. The smallest absolute Gasteiger partial charge is 0.191 e. The van der Waals surface area contributed by atoms with Gasteiger partial charge in [-0.15, -0.1) is 0 Å². The van der Waals surface area contributed by atoms with Crippen molar-refractivity contribution in [2.45, 2.75) is 51.0 Å². The molecular weight excluding hydrogens is 269 g/mol. The molecule has 1 aromatic rings. The first-order chi connectivity index (χ1) is 10.2. The van der Waals surface area contributed by atoms with Crippen LogP contribution in [0, 0.1) is 5.82 Å². The summed E-state index contributed by atoms with van der Waals surface area (Å²) in [5.74, 6) is 0.592. The number of aliphatic imine (C=N–C) groups is 1. The second-order valence-electron chi connectivity index (χ2n) is 5.68. The highest BCUT2D eigenvalue weighted by atomic mass is 19.1. The van der Waals surface area contributed by atoms with E-state index in [1.54, 1.807) is 12.1 Å². The highest BCUT2D eigenvalue weighted by Gasteiger charge is 2.41. The molecule has 114 valence electrons. The SMILES string of the molecule is CCNC(=NCc1ccc(F)cc1)NC1CC2CCC1O2. The minimum absolute atomic E-state index is 0.216. The van der Waals surface area contributed by atoms with Crippen LogP contribution in [0.3, 0.4) is 0 Å². The number of guanidine groups is 1. The van der Waals surface area contributed by atoms with Crippen molar-refractivity contribution in [2.75, 3.05) is 6.54 Å². The molecule has 3 unspecified atom stereocenters. The molecule has 3 rings (SSSR count). The first-order valence-electron chi connectivity index (χ1n) is 7.69. The molecule has 2 fully saturated rings. The first kappa shape index (κ1) is 14.3. The molecule has 2 aliphatic heterocycles. The number of ether oxygens (including phenoxy) is 1. The third kappa shape index (κ3) is 3.53. The Hall–Kier alpha value is -1.62. The van der Waals surface area contributed by atoms with Crippen LogP contribution in [0.5, 0.6) is 0 Å². The molecule has 2 N–H and O–H groups in total. The molecule has 2 aliphatic rings. The van der Waals surface area contributed by atoms with E-state index >= 15 is 0 Å². The van der Waals surface area contributed by atoms with E-state index in [4.69, 9.17) is 4.74 Å². The van der Waals surface area contributed by atoms with Gasteiger partial charge in [-0.25, -0.2) is 9.38 Å². The topological polar surface area (TPSA) is 45.7 Å². The zero-order valence-corrected chi connectivity index (χ0v) is 12.3. The van der Waals surface area contributed by atoms with Crippen LogP contribution in [0.25, 0.3) is 0 Å². The van der Waals surface area contributed by atoms with Gasteiger partial charge in [0.15, 0.2) is 5.96 Å². The minimum atomic E-state index is -0.216. The Morgan fingerprint density at radius 1 is 1.33 bits per heavy atom. The molecule has 2 saturated heterocycles. The molecule has 2 heterocycles. The van der Waals surface area contributed by atoms with Gasteiger partial charge in [0, 0.05) is 6.54 Å². The highest BCUT2D eigenvalue weighted by Crippen LogP contribution is 2.34. The Morgan fingerprint density at radius 3 is 2.76 bits per heavy atom. The number of hydrogen-bond donors (Lipinski definition) is 2. The molecule has 1 aromatic carbocycles. The van der Waals surface area contributed by atoms with Crippen LogP contribution in [0.4, 0.5) is 4.39 Å². The molecule has 3 atom stereocenters. The second kappa shape index (κ2) is 6.43. The van der Waals surface area contributed by atoms with Gasteiger partial charge in [0.2, 0.25) is 0 Å². The third-order valence-electron chi connectivity index (χ3n) is 4.11. The number of nitrogens with zero attached hydrogens (tertiary/aromatic N) is 1. The lowest BCUT2D eigenvalue weighted by Gasteiger charge is -2.22. The summed E-state index contributed by atoms with van der Waals surface area (Å²) in [5.41, 5.74) is 0.998. The van der Waals surface area contributed by atoms with Crippen molar-refractivity contribution in [2.24, 2.45) is 4.99 Å². The molecular formula is C16H22FN3O.